The van der Waals surface area contributed by atoms with Gasteiger partial charge in [0.2, 0.25) is 12.3 Å². The molecule has 6 heteroatoms. The molecule has 16 heavy (non-hydrogen) atoms. The highest BCUT2D eigenvalue weighted by molar-refractivity contribution is 14.1. The molecular weight excluding hydrogens is 325 g/mol. The molecule has 0 aromatic rings. The van der Waals surface area contributed by atoms with Crippen molar-refractivity contribution in [2.45, 2.75) is 13.3 Å². The molecule has 2 amide bonds. The van der Waals surface area contributed by atoms with Crippen molar-refractivity contribution in [2.24, 2.45) is 5.92 Å². The minimum absolute atomic E-state index is 0.245. The summed E-state index contributed by atoms with van der Waals surface area (Å²) >= 11 is 2.03. The smallest absolute Gasteiger partial charge is 0.233 e. The summed E-state index contributed by atoms with van der Waals surface area (Å²) in [6.45, 7) is 5.95. The molecular formula is C10H14INO4. The maximum atomic E-state index is 11.4. The fourth-order valence-electron chi connectivity index (χ4n) is 0.889. The summed E-state index contributed by atoms with van der Waals surface area (Å²) in [5.74, 6) is -1.21. The van der Waals surface area contributed by atoms with Gasteiger partial charge in [0.25, 0.3) is 0 Å². The molecule has 0 aromatic carbocycles. The molecule has 0 rings (SSSR count). The summed E-state index contributed by atoms with van der Waals surface area (Å²) in [5.41, 5.74) is 0. The lowest BCUT2D eigenvalue weighted by atomic mass is 10.1. The van der Waals surface area contributed by atoms with Crippen LogP contribution in [0.3, 0.4) is 0 Å². The van der Waals surface area contributed by atoms with Crippen LogP contribution in [0.4, 0.5) is 0 Å². The van der Waals surface area contributed by atoms with Crippen molar-refractivity contribution in [1.29, 1.82) is 0 Å². The van der Waals surface area contributed by atoms with Gasteiger partial charge in [0.15, 0.2) is 0 Å². The van der Waals surface area contributed by atoms with Crippen LogP contribution in [0.2, 0.25) is 0 Å². The van der Waals surface area contributed by atoms with E-state index in [4.69, 9.17) is 4.74 Å². The number of rotatable bonds is 8. The highest BCUT2D eigenvalue weighted by atomic mass is 127. The summed E-state index contributed by atoms with van der Waals surface area (Å²) in [6, 6.07) is 0. The number of ketones is 1. The molecule has 0 aliphatic carbocycles. The van der Waals surface area contributed by atoms with E-state index >= 15 is 0 Å². The van der Waals surface area contributed by atoms with Crippen molar-refractivity contribution >= 4 is 40.7 Å². The Morgan fingerprint density at radius 2 is 2.19 bits per heavy atom. The van der Waals surface area contributed by atoms with E-state index in [1.54, 1.807) is 6.92 Å². The Morgan fingerprint density at radius 3 is 2.69 bits per heavy atom. The summed E-state index contributed by atoms with van der Waals surface area (Å²) in [5, 5.41) is 1.91. The normalized spacial score (nSPS) is 11.6. The molecule has 0 aliphatic heterocycles. The Morgan fingerprint density at radius 1 is 1.56 bits per heavy atom. The largest absolute Gasteiger partial charge is 0.376 e. The molecule has 0 bridgehead atoms. The Labute approximate surface area is 108 Å². The Hall–Kier alpha value is -0.760. The van der Waals surface area contributed by atoms with E-state index in [-0.39, 0.29) is 31.1 Å². The number of hydrogen-bond donors (Lipinski definition) is 1. The second kappa shape index (κ2) is 8.40. The zero-order valence-corrected chi connectivity index (χ0v) is 11.2. The van der Waals surface area contributed by atoms with E-state index in [2.05, 4.69) is 6.58 Å². The number of carbonyl (C=O) groups is 3. The van der Waals surface area contributed by atoms with E-state index in [9.17, 15) is 14.4 Å². The monoisotopic (exact) mass is 339 g/mol. The SMILES string of the molecule is C=C(I)COCC(C)C(=O)CC(=O)NC=O. The van der Waals surface area contributed by atoms with Crippen LogP contribution >= 0.6 is 22.6 Å². The Balaban J connectivity index is 3.85. The van der Waals surface area contributed by atoms with Crippen molar-refractivity contribution < 1.29 is 19.1 Å². The summed E-state index contributed by atoms with van der Waals surface area (Å²) in [4.78, 5) is 32.3. The number of ether oxygens (including phenoxy) is 1. The van der Waals surface area contributed by atoms with Gasteiger partial charge in [0, 0.05) is 9.50 Å². The van der Waals surface area contributed by atoms with Crippen LogP contribution in [0.25, 0.3) is 0 Å². The fourth-order valence-corrected chi connectivity index (χ4v) is 1.11. The first-order valence-corrected chi connectivity index (χ1v) is 5.72. The average Bonchev–Trinajstić information content (AvgIpc) is 2.17. The minimum Gasteiger partial charge on any atom is -0.376 e. The molecule has 0 spiro atoms. The summed E-state index contributed by atoms with van der Waals surface area (Å²) in [7, 11) is 0. The second-order valence-electron chi connectivity index (χ2n) is 3.26. The summed E-state index contributed by atoms with van der Waals surface area (Å²) < 4.78 is 6.03. The van der Waals surface area contributed by atoms with Crippen molar-refractivity contribution in [1.82, 2.24) is 5.32 Å². The minimum atomic E-state index is -0.592. The number of nitrogens with one attached hydrogen (secondary N) is 1. The van der Waals surface area contributed by atoms with Crippen LogP contribution in [0, 0.1) is 5.92 Å². The summed E-state index contributed by atoms with van der Waals surface area (Å²) in [6.07, 6.45) is -0.0364. The number of carbonyl (C=O) groups excluding carboxylic acids is 3. The quantitative estimate of drug-likeness (QED) is 0.404. The van der Waals surface area contributed by atoms with Crippen LogP contribution in [0.15, 0.2) is 10.2 Å². The van der Waals surface area contributed by atoms with E-state index in [0.717, 1.165) is 3.58 Å². The van der Waals surface area contributed by atoms with Crippen molar-refractivity contribution in [3.63, 3.8) is 0 Å². The van der Waals surface area contributed by atoms with Crippen molar-refractivity contribution in [2.75, 3.05) is 13.2 Å². The predicted octanol–water partition coefficient (Wildman–Crippen LogP) is 0.820. The molecule has 0 saturated heterocycles. The zero-order valence-electron chi connectivity index (χ0n) is 8.99. The molecule has 0 aliphatic rings. The van der Waals surface area contributed by atoms with Crippen LogP contribution in [0.1, 0.15) is 13.3 Å². The highest BCUT2D eigenvalue weighted by Gasteiger charge is 2.16. The van der Waals surface area contributed by atoms with E-state index in [1.165, 1.54) is 0 Å². The number of amides is 2. The van der Waals surface area contributed by atoms with Gasteiger partial charge in [0.1, 0.15) is 5.78 Å². The van der Waals surface area contributed by atoms with Gasteiger partial charge >= 0.3 is 0 Å². The first-order chi connectivity index (χ1) is 7.47. The molecule has 1 unspecified atom stereocenters. The Kier molecular flexibility index (Phi) is 8.00. The molecule has 0 aromatic heterocycles. The number of Topliss-reactive ketones (excluding diaryl/α,β-unsaturated/α-hetero) is 1. The van der Waals surface area contributed by atoms with Gasteiger partial charge in [0.05, 0.1) is 19.6 Å². The number of imide groups is 1. The third kappa shape index (κ3) is 7.52. The molecule has 1 atom stereocenters. The zero-order chi connectivity index (χ0) is 12.6. The molecule has 1 N–H and O–H groups in total. The molecule has 90 valence electrons. The van der Waals surface area contributed by atoms with Gasteiger partial charge < -0.3 is 4.74 Å². The molecule has 0 saturated carbocycles. The third-order valence-corrected chi connectivity index (χ3v) is 2.04. The molecule has 0 heterocycles. The molecule has 0 fully saturated rings. The second-order valence-corrected chi connectivity index (χ2v) is 4.79. The lowest BCUT2D eigenvalue weighted by Crippen LogP contribution is -2.27. The average molecular weight is 339 g/mol. The lowest BCUT2D eigenvalue weighted by molar-refractivity contribution is -0.132. The standard InChI is InChI=1S/C10H14INO4/c1-7(4-16-5-8(2)11)9(14)3-10(15)12-6-13/h6-7H,2-5H2,1H3,(H,12,13,15). The molecule has 5 nitrogen and oxygen atoms in total. The van der Waals surface area contributed by atoms with Crippen LogP contribution < -0.4 is 5.32 Å². The molecule has 0 radical (unpaired) electrons. The van der Waals surface area contributed by atoms with Crippen LogP contribution in [-0.4, -0.2) is 31.3 Å². The predicted molar refractivity (Wildman–Crippen MR) is 67.0 cm³/mol. The van der Waals surface area contributed by atoms with Crippen molar-refractivity contribution in [3.8, 4) is 0 Å². The van der Waals surface area contributed by atoms with E-state index < -0.39 is 5.91 Å². The fraction of sp³-hybridized carbons (Fsp3) is 0.500. The first-order valence-electron chi connectivity index (χ1n) is 4.64. The Bertz CT molecular complexity index is 291. The van der Waals surface area contributed by atoms with Crippen LogP contribution in [-0.2, 0) is 19.1 Å². The number of hydrogen-bond acceptors (Lipinski definition) is 4. The maximum Gasteiger partial charge on any atom is 0.233 e. The van der Waals surface area contributed by atoms with Gasteiger partial charge in [-0.25, -0.2) is 0 Å². The first kappa shape index (κ1) is 15.2. The highest BCUT2D eigenvalue weighted by Crippen LogP contribution is 2.06. The van der Waals surface area contributed by atoms with Gasteiger partial charge in [-0.1, -0.05) is 13.5 Å². The van der Waals surface area contributed by atoms with Crippen molar-refractivity contribution in [3.05, 3.63) is 10.2 Å². The van der Waals surface area contributed by atoms with Crippen LogP contribution in [0.5, 0.6) is 0 Å². The van der Waals surface area contributed by atoms with E-state index in [1.807, 2.05) is 27.9 Å². The van der Waals surface area contributed by atoms with Gasteiger partial charge in [-0.2, -0.15) is 0 Å². The van der Waals surface area contributed by atoms with Gasteiger partial charge in [-0.3, -0.25) is 19.7 Å². The topological polar surface area (TPSA) is 72.5 Å². The maximum absolute atomic E-state index is 11.4. The lowest BCUT2D eigenvalue weighted by Gasteiger charge is -2.10. The van der Waals surface area contributed by atoms with E-state index in [0.29, 0.717) is 6.61 Å². The third-order valence-electron chi connectivity index (χ3n) is 1.73. The van der Waals surface area contributed by atoms with Gasteiger partial charge in [-0.05, 0) is 22.6 Å². The van der Waals surface area contributed by atoms with Gasteiger partial charge in [-0.15, -0.1) is 0 Å². The number of halogens is 1.